The molecule has 0 amide bonds. The fraction of sp³-hybridized carbons (Fsp3) is 0.538. The van der Waals surface area contributed by atoms with Crippen LogP contribution in [0.15, 0.2) is 30.3 Å². The topological polar surface area (TPSA) is 160 Å². The molecule has 4 atom stereocenters. The third-order valence-corrected chi connectivity index (χ3v) is 4.09. The van der Waals surface area contributed by atoms with Crippen molar-refractivity contribution < 1.29 is 39.6 Å². The Morgan fingerprint density at radius 2 is 1.65 bits per heavy atom. The minimum atomic E-state index is -4.78. The molecule has 0 radical (unpaired) electrons. The van der Waals surface area contributed by atoms with E-state index in [1.165, 1.54) is 0 Å². The molecule has 0 aliphatic heterocycles. The van der Waals surface area contributed by atoms with E-state index in [0.29, 0.717) is 0 Å². The number of aliphatic hydroxyl groups is 4. The maximum atomic E-state index is 10.8. The minimum absolute atomic E-state index is 0.225. The van der Waals surface area contributed by atoms with Gasteiger partial charge in [0, 0.05) is 13.0 Å². The first kappa shape index (κ1) is 20.2. The molecule has 7 N–H and O–H groups in total. The van der Waals surface area contributed by atoms with Gasteiger partial charge in [-0.05, 0) is 5.56 Å². The second-order valence-electron chi connectivity index (χ2n) is 5.05. The van der Waals surface area contributed by atoms with E-state index in [0.717, 1.165) is 5.56 Å². The lowest BCUT2D eigenvalue weighted by Crippen LogP contribution is -2.44. The van der Waals surface area contributed by atoms with E-state index in [1.807, 2.05) is 30.3 Å². The van der Waals surface area contributed by atoms with Crippen LogP contribution in [-0.2, 0) is 16.0 Å². The molecule has 0 saturated heterocycles. The molecular weight excluding hydrogens is 329 g/mol. The van der Waals surface area contributed by atoms with Gasteiger partial charge in [-0.3, -0.25) is 9.40 Å². The van der Waals surface area contributed by atoms with Crippen LogP contribution in [0.3, 0.4) is 0 Å². The van der Waals surface area contributed by atoms with E-state index >= 15 is 0 Å². The molecule has 10 heteroatoms. The Balaban J connectivity index is 2.30. The number of benzene rings is 1. The average Bonchev–Trinajstić information content (AvgIpc) is 2.50. The van der Waals surface area contributed by atoms with Crippen molar-refractivity contribution in [1.29, 1.82) is 0 Å². The Hall–Kier alpha value is -0.870. The van der Waals surface area contributed by atoms with Crippen LogP contribution in [0.25, 0.3) is 0 Å². The summed E-state index contributed by atoms with van der Waals surface area (Å²) < 4.78 is 10.8. The molecular formula is C13H22NO8P. The van der Waals surface area contributed by atoms with Gasteiger partial charge < -0.3 is 30.2 Å². The summed E-state index contributed by atoms with van der Waals surface area (Å²) in [5.74, 6) is -2.11. The van der Waals surface area contributed by atoms with Crippen molar-refractivity contribution in [3.8, 4) is 0 Å². The van der Waals surface area contributed by atoms with E-state index in [1.54, 1.807) is 0 Å². The molecule has 0 spiro atoms. The lowest BCUT2D eigenvalue weighted by Gasteiger charge is -2.25. The van der Waals surface area contributed by atoms with E-state index in [2.05, 4.69) is 5.48 Å². The number of hydrogen-bond donors (Lipinski definition) is 7. The van der Waals surface area contributed by atoms with Gasteiger partial charge in [0.05, 0.1) is 18.8 Å². The first-order valence-corrected chi connectivity index (χ1v) is 8.56. The lowest BCUT2D eigenvalue weighted by molar-refractivity contribution is -0.0853. The summed E-state index contributed by atoms with van der Waals surface area (Å²) in [6, 6.07) is 9.19. The van der Waals surface area contributed by atoms with Crippen LogP contribution in [-0.4, -0.2) is 60.9 Å². The molecule has 0 bridgehead atoms. The second-order valence-corrected chi connectivity index (χ2v) is 6.83. The molecule has 1 aromatic rings. The number of rotatable bonds is 10. The van der Waals surface area contributed by atoms with Gasteiger partial charge in [0.1, 0.15) is 6.10 Å². The predicted molar refractivity (Wildman–Crippen MR) is 79.9 cm³/mol. The normalized spacial score (nSPS) is 17.5. The highest BCUT2D eigenvalue weighted by atomic mass is 31.2. The molecule has 132 valence electrons. The fourth-order valence-corrected chi connectivity index (χ4v) is 2.21. The van der Waals surface area contributed by atoms with Gasteiger partial charge in [0.15, 0.2) is 5.85 Å². The van der Waals surface area contributed by atoms with Crippen molar-refractivity contribution >= 4 is 7.60 Å². The van der Waals surface area contributed by atoms with Crippen LogP contribution in [0, 0.1) is 0 Å². The smallest absolute Gasteiger partial charge is 0.353 e. The first-order chi connectivity index (χ1) is 10.7. The van der Waals surface area contributed by atoms with Crippen LogP contribution in [0.1, 0.15) is 12.0 Å². The monoisotopic (exact) mass is 351 g/mol. The molecule has 0 saturated carbocycles. The highest BCUT2D eigenvalue weighted by molar-refractivity contribution is 7.52. The van der Waals surface area contributed by atoms with Crippen LogP contribution in [0.5, 0.6) is 0 Å². The maximum absolute atomic E-state index is 10.8. The summed E-state index contributed by atoms with van der Waals surface area (Å²) in [5.41, 5.74) is 3.30. The predicted octanol–water partition coefficient (Wildman–Crippen LogP) is -1.32. The van der Waals surface area contributed by atoms with Gasteiger partial charge in [-0.2, -0.15) is 5.48 Å². The summed E-state index contributed by atoms with van der Waals surface area (Å²) in [5, 5.41) is 38.1. The highest BCUT2D eigenvalue weighted by Crippen LogP contribution is 2.41. The lowest BCUT2D eigenvalue weighted by atomic mass is 10.1. The van der Waals surface area contributed by atoms with Crippen molar-refractivity contribution in [1.82, 2.24) is 5.48 Å². The van der Waals surface area contributed by atoms with Crippen molar-refractivity contribution in [3.63, 3.8) is 0 Å². The Labute approximate surface area is 133 Å². The average molecular weight is 351 g/mol. The Bertz CT molecular complexity index is 496. The number of hydroxylamine groups is 1. The molecule has 0 heterocycles. The molecule has 0 aliphatic carbocycles. The summed E-state index contributed by atoms with van der Waals surface area (Å²) in [6.45, 7) is 0.000194. The first-order valence-electron chi connectivity index (χ1n) is 6.88. The van der Waals surface area contributed by atoms with Gasteiger partial charge >= 0.3 is 7.60 Å². The van der Waals surface area contributed by atoms with E-state index in [-0.39, 0.29) is 13.2 Å². The van der Waals surface area contributed by atoms with Gasteiger partial charge in [0.25, 0.3) is 0 Å². The molecule has 1 unspecified atom stereocenters. The van der Waals surface area contributed by atoms with Crippen LogP contribution in [0.2, 0.25) is 0 Å². The zero-order valence-electron chi connectivity index (χ0n) is 12.3. The molecule has 1 rings (SSSR count). The van der Waals surface area contributed by atoms with E-state index in [9.17, 15) is 25.0 Å². The van der Waals surface area contributed by atoms with E-state index < -0.39 is 38.2 Å². The number of aliphatic hydroxyl groups excluding tert-OH is 4. The zero-order valence-corrected chi connectivity index (χ0v) is 13.2. The molecule has 1 aromatic carbocycles. The largest absolute Gasteiger partial charge is 0.390 e. The SMILES string of the molecule is O=P(O)(O)C(O)C[C@@H](O)[C@@H](O)[C@@H](O)CNOCc1ccccc1. The summed E-state index contributed by atoms with van der Waals surface area (Å²) in [4.78, 5) is 22.5. The summed E-state index contributed by atoms with van der Waals surface area (Å²) in [7, 11) is -4.78. The van der Waals surface area contributed by atoms with Gasteiger partial charge in [-0.1, -0.05) is 30.3 Å². The van der Waals surface area contributed by atoms with Crippen molar-refractivity contribution in [3.05, 3.63) is 35.9 Å². The standard InChI is InChI=1S/C13H22NO8P/c15-10(6-12(17)23(19,20)21)13(18)11(16)7-14-22-8-9-4-2-1-3-5-9/h1-5,10-18H,6-8H2,(H2,19,20,21)/t10-,11+,12?,13-/m1/s1. The van der Waals surface area contributed by atoms with E-state index in [4.69, 9.17) is 14.6 Å². The zero-order chi connectivity index (χ0) is 17.5. The Morgan fingerprint density at radius 3 is 2.22 bits per heavy atom. The van der Waals surface area contributed by atoms with Crippen molar-refractivity contribution in [2.24, 2.45) is 0 Å². The number of nitrogens with one attached hydrogen (secondary N) is 1. The third-order valence-electron chi connectivity index (χ3n) is 3.11. The van der Waals surface area contributed by atoms with Crippen LogP contribution >= 0.6 is 7.60 Å². The van der Waals surface area contributed by atoms with Gasteiger partial charge in [0.2, 0.25) is 0 Å². The maximum Gasteiger partial charge on any atom is 0.353 e. The Morgan fingerprint density at radius 1 is 1.04 bits per heavy atom. The van der Waals surface area contributed by atoms with Gasteiger partial charge in [-0.15, -0.1) is 0 Å². The summed E-state index contributed by atoms with van der Waals surface area (Å²) >= 11 is 0. The van der Waals surface area contributed by atoms with Crippen LogP contribution < -0.4 is 5.48 Å². The second kappa shape index (κ2) is 9.43. The highest BCUT2D eigenvalue weighted by Gasteiger charge is 2.33. The summed E-state index contributed by atoms with van der Waals surface area (Å²) in [6.07, 6.45) is -5.63. The molecule has 9 nitrogen and oxygen atoms in total. The van der Waals surface area contributed by atoms with Crippen molar-refractivity contribution in [2.75, 3.05) is 6.54 Å². The molecule has 23 heavy (non-hydrogen) atoms. The number of hydrogen-bond acceptors (Lipinski definition) is 7. The van der Waals surface area contributed by atoms with Crippen LogP contribution in [0.4, 0.5) is 0 Å². The van der Waals surface area contributed by atoms with Gasteiger partial charge in [-0.25, -0.2) is 0 Å². The minimum Gasteiger partial charge on any atom is -0.390 e. The quantitative estimate of drug-likeness (QED) is 0.154. The Kier molecular flexibility index (Phi) is 8.27. The third kappa shape index (κ3) is 7.49. The fourth-order valence-electron chi connectivity index (χ4n) is 1.72. The molecule has 0 aromatic heterocycles. The van der Waals surface area contributed by atoms with Crippen molar-refractivity contribution in [2.45, 2.75) is 37.2 Å². The molecule has 0 fully saturated rings. The molecule has 0 aliphatic rings.